The van der Waals surface area contributed by atoms with Crippen molar-refractivity contribution >= 4 is 0 Å². The second-order valence-electron chi connectivity index (χ2n) is 2.74. The van der Waals surface area contributed by atoms with Gasteiger partial charge < -0.3 is 18.7 Å². The van der Waals surface area contributed by atoms with Crippen LogP contribution < -0.4 is 0 Å². The summed E-state index contributed by atoms with van der Waals surface area (Å²) < 4.78 is 0. The second-order valence-corrected chi connectivity index (χ2v) is 2.74. The van der Waals surface area contributed by atoms with Crippen LogP contribution in [0.1, 0.15) is 0 Å². The molecule has 9 heavy (non-hydrogen) atoms. The maximum absolute atomic E-state index is 3.96. The van der Waals surface area contributed by atoms with Crippen molar-refractivity contribution in [3.05, 3.63) is 13.8 Å². The third-order valence-corrected chi connectivity index (χ3v) is 1.76. The van der Waals surface area contributed by atoms with Crippen LogP contribution in [0.2, 0.25) is 0 Å². The van der Waals surface area contributed by atoms with Gasteiger partial charge >= 0.3 is 18.6 Å². The number of likely N-dealkylation sites (tertiary alicyclic amines) is 1. The summed E-state index contributed by atoms with van der Waals surface area (Å²) >= 11 is 0. The first-order valence-electron chi connectivity index (χ1n) is 3.05. The van der Waals surface area contributed by atoms with Crippen molar-refractivity contribution in [2.45, 2.75) is 0 Å². The van der Waals surface area contributed by atoms with E-state index in [0.717, 1.165) is 13.1 Å². The monoisotopic (exact) mass is 162 g/mol. The van der Waals surface area contributed by atoms with Gasteiger partial charge in [0.15, 0.2) is 0 Å². The summed E-state index contributed by atoms with van der Waals surface area (Å²) in [4.78, 5) is 2.27. The molecule has 0 aromatic rings. The molecule has 2 atom stereocenters. The van der Waals surface area contributed by atoms with Crippen molar-refractivity contribution in [2.24, 2.45) is 11.8 Å². The average molecular weight is 162 g/mol. The molecule has 0 aromatic carbocycles. The molecule has 1 rings (SSSR count). The van der Waals surface area contributed by atoms with Crippen LogP contribution in [0, 0.1) is 25.7 Å². The summed E-state index contributed by atoms with van der Waals surface area (Å²) in [6, 6.07) is 0. The molecule has 1 saturated heterocycles. The van der Waals surface area contributed by atoms with Crippen molar-refractivity contribution in [3.63, 3.8) is 0 Å². The third-order valence-electron chi connectivity index (χ3n) is 1.76. The molecule has 0 saturated carbocycles. The van der Waals surface area contributed by atoms with Gasteiger partial charge in [-0.2, -0.15) is 11.8 Å². The quantitative estimate of drug-likeness (QED) is 0.477. The Morgan fingerprint density at radius 3 is 1.67 bits per heavy atom. The minimum atomic E-state index is 0. The number of hydrogen-bond donors (Lipinski definition) is 0. The molecule has 0 spiro atoms. The molecule has 1 heterocycles. The van der Waals surface area contributed by atoms with Crippen LogP contribution in [-0.2, 0) is 18.6 Å². The molecule has 1 fully saturated rings. The van der Waals surface area contributed by atoms with Crippen molar-refractivity contribution < 1.29 is 18.6 Å². The van der Waals surface area contributed by atoms with E-state index in [2.05, 4.69) is 25.8 Å². The number of hydrogen-bond acceptors (Lipinski definition) is 1. The van der Waals surface area contributed by atoms with Crippen LogP contribution in [0.4, 0.5) is 0 Å². The Morgan fingerprint density at radius 1 is 1.22 bits per heavy atom. The molecule has 51 valence electrons. The van der Waals surface area contributed by atoms with Gasteiger partial charge in [-0.25, -0.2) is 0 Å². The van der Waals surface area contributed by atoms with Gasteiger partial charge in [-0.1, -0.05) is 0 Å². The summed E-state index contributed by atoms with van der Waals surface area (Å²) in [5.74, 6) is 1.11. The van der Waals surface area contributed by atoms with Crippen molar-refractivity contribution in [1.82, 2.24) is 4.90 Å². The van der Waals surface area contributed by atoms with Crippen LogP contribution in [0.15, 0.2) is 0 Å². The van der Waals surface area contributed by atoms with E-state index in [4.69, 9.17) is 0 Å². The van der Waals surface area contributed by atoms with Gasteiger partial charge in [-0.3, -0.25) is 0 Å². The van der Waals surface area contributed by atoms with E-state index in [1.54, 1.807) is 0 Å². The molecular formula is C7H13NV. The third kappa shape index (κ3) is 2.33. The smallest absolute Gasteiger partial charge is 0.341 e. The van der Waals surface area contributed by atoms with E-state index in [-0.39, 0.29) is 18.6 Å². The van der Waals surface area contributed by atoms with Crippen LogP contribution in [0.25, 0.3) is 0 Å². The van der Waals surface area contributed by atoms with Gasteiger partial charge in [-0.15, -0.1) is 0 Å². The summed E-state index contributed by atoms with van der Waals surface area (Å²) in [5.41, 5.74) is 0. The standard InChI is InChI=1S/C7H13N.V/c1-6-4-8(3)5-7(6)2;/h6-7H,1-2,4-5H2,3H3;/q-2;+2. The van der Waals surface area contributed by atoms with Gasteiger partial charge in [-0.05, 0) is 20.1 Å². The Bertz CT molecular complexity index is 75.0. The average Bonchev–Trinajstić information content (AvgIpc) is 1.85. The predicted octanol–water partition coefficient (Wildman–Crippen LogP) is 0.830. The van der Waals surface area contributed by atoms with E-state index in [0.29, 0.717) is 11.8 Å². The fraction of sp³-hybridized carbons (Fsp3) is 0.714. The Kier molecular flexibility index (Phi) is 3.87. The molecule has 2 heteroatoms. The molecule has 2 unspecified atom stereocenters. The topological polar surface area (TPSA) is 3.24 Å². The fourth-order valence-corrected chi connectivity index (χ4v) is 1.17. The number of rotatable bonds is 0. The molecule has 1 radical (unpaired) electrons. The zero-order chi connectivity index (χ0) is 6.15. The van der Waals surface area contributed by atoms with Gasteiger partial charge in [0.05, 0.1) is 0 Å². The van der Waals surface area contributed by atoms with Gasteiger partial charge in [0.2, 0.25) is 0 Å². The Hall–Kier alpha value is 0.544. The van der Waals surface area contributed by atoms with E-state index >= 15 is 0 Å². The first-order chi connectivity index (χ1) is 3.70. The first-order valence-corrected chi connectivity index (χ1v) is 3.05. The molecule has 1 aliphatic heterocycles. The van der Waals surface area contributed by atoms with Crippen LogP contribution in [0.3, 0.4) is 0 Å². The normalized spacial score (nSPS) is 36.3. The predicted molar refractivity (Wildman–Crippen MR) is 35.2 cm³/mol. The molecule has 0 amide bonds. The van der Waals surface area contributed by atoms with Crippen LogP contribution in [0.5, 0.6) is 0 Å². The molecule has 0 aromatic heterocycles. The van der Waals surface area contributed by atoms with Crippen molar-refractivity contribution in [3.8, 4) is 0 Å². The first kappa shape index (κ1) is 9.54. The van der Waals surface area contributed by atoms with E-state index in [9.17, 15) is 0 Å². The largest absolute Gasteiger partial charge is 2.00 e. The molecule has 1 nitrogen and oxygen atoms in total. The summed E-state index contributed by atoms with van der Waals surface area (Å²) in [5, 5.41) is 0. The van der Waals surface area contributed by atoms with E-state index in [1.807, 2.05) is 0 Å². The Balaban J connectivity index is 0.000000640. The van der Waals surface area contributed by atoms with E-state index < -0.39 is 0 Å². The molecular weight excluding hydrogens is 149 g/mol. The van der Waals surface area contributed by atoms with Gasteiger partial charge in [0.25, 0.3) is 0 Å². The second kappa shape index (κ2) is 3.65. The summed E-state index contributed by atoms with van der Waals surface area (Å²) in [7, 11) is 2.11. The minimum absolute atomic E-state index is 0. The van der Waals surface area contributed by atoms with Crippen molar-refractivity contribution in [2.75, 3.05) is 20.1 Å². The van der Waals surface area contributed by atoms with Gasteiger partial charge in [0.1, 0.15) is 0 Å². The minimum Gasteiger partial charge on any atom is -0.341 e. The zero-order valence-electron chi connectivity index (χ0n) is 5.88. The molecule has 0 aliphatic carbocycles. The van der Waals surface area contributed by atoms with Crippen LogP contribution in [-0.4, -0.2) is 25.0 Å². The Labute approximate surface area is 69.7 Å². The molecule has 0 N–H and O–H groups in total. The SMILES string of the molecule is [CH2-]C1CN(C)CC1[CH2-].[V+2]. The van der Waals surface area contributed by atoms with E-state index in [1.165, 1.54) is 0 Å². The van der Waals surface area contributed by atoms with Crippen molar-refractivity contribution in [1.29, 1.82) is 0 Å². The summed E-state index contributed by atoms with van der Waals surface area (Å²) in [6.07, 6.45) is 0. The summed E-state index contributed by atoms with van der Waals surface area (Å²) in [6.45, 7) is 10.2. The van der Waals surface area contributed by atoms with Gasteiger partial charge in [0, 0.05) is 0 Å². The maximum Gasteiger partial charge on any atom is 2.00 e. The Morgan fingerprint density at radius 2 is 1.56 bits per heavy atom. The zero-order valence-corrected chi connectivity index (χ0v) is 7.27. The number of nitrogens with zero attached hydrogens (tertiary/aromatic N) is 1. The molecule has 1 aliphatic rings. The van der Waals surface area contributed by atoms with Crippen LogP contribution >= 0.6 is 0 Å². The molecule has 0 bridgehead atoms. The fourth-order valence-electron chi connectivity index (χ4n) is 1.17. The maximum atomic E-state index is 3.96.